The van der Waals surface area contributed by atoms with Crippen molar-refractivity contribution >= 4 is 11.7 Å². The zero-order valence-electron chi connectivity index (χ0n) is 8.13. The van der Waals surface area contributed by atoms with Crippen LogP contribution >= 0.6 is 0 Å². The van der Waals surface area contributed by atoms with E-state index in [0.29, 0.717) is 12.4 Å². The summed E-state index contributed by atoms with van der Waals surface area (Å²) in [7, 11) is 0. The van der Waals surface area contributed by atoms with Crippen molar-refractivity contribution in [2.24, 2.45) is 5.73 Å². The molecule has 1 aromatic heterocycles. The molecule has 0 bridgehead atoms. The van der Waals surface area contributed by atoms with Crippen molar-refractivity contribution in [2.75, 3.05) is 18.0 Å². The fourth-order valence-corrected chi connectivity index (χ4v) is 1.60. The van der Waals surface area contributed by atoms with Gasteiger partial charge in [-0.15, -0.1) is 0 Å². The number of aliphatic hydroxyl groups is 1. The number of nitrogens with two attached hydrogens (primary N) is 1. The third-order valence-corrected chi connectivity index (χ3v) is 2.39. The van der Waals surface area contributed by atoms with Crippen LogP contribution in [0.15, 0.2) is 12.4 Å². The standard InChI is InChI=1S/C9H12N4O2/c10-9(15)7-3-8(12-5-11-7)13-2-1-6(14)4-13/h3,5-6,14H,1-2,4H2,(H2,10,15)/t6-/m1/s1. The van der Waals surface area contributed by atoms with E-state index in [4.69, 9.17) is 5.73 Å². The minimum atomic E-state index is -0.571. The summed E-state index contributed by atoms with van der Waals surface area (Å²) in [5, 5.41) is 9.36. The highest BCUT2D eigenvalue weighted by atomic mass is 16.3. The van der Waals surface area contributed by atoms with Gasteiger partial charge in [-0.2, -0.15) is 0 Å². The van der Waals surface area contributed by atoms with Crippen LogP contribution < -0.4 is 10.6 Å². The van der Waals surface area contributed by atoms with Gasteiger partial charge in [0.05, 0.1) is 6.10 Å². The molecule has 0 spiro atoms. The average molecular weight is 208 g/mol. The molecule has 6 heteroatoms. The SMILES string of the molecule is NC(=O)c1cc(N2CC[C@@H](O)C2)ncn1. The van der Waals surface area contributed by atoms with E-state index in [0.717, 1.165) is 13.0 Å². The minimum absolute atomic E-state index is 0.196. The summed E-state index contributed by atoms with van der Waals surface area (Å²) in [6, 6.07) is 1.54. The summed E-state index contributed by atoms with van der Waals surface area (Å²) in [6.07, 6.45) is 1.70. The summed E-state index contributed by atoms with van der Waals surface area (Å²) in [6.45, 7) is 1.27. The molecule has 0 aliphatic carbocycles. The average Bonchev–Trinajstić information content (AvgIpc) is 2.65. The molecule has 2 heterocycles. The number of hydrogen-bond acceptors (Lipinski definition) is 5. The molecule has 1 saturated heterocycles. The lowest BCUT2D eigenvalue weighted by Crippen LogP contribution is -2.23. The number of anilines is 1. The molecular formula is C9H12N4O2. The molecule has 1 fully saturated rings. The van der Waals surface area contributed by atoms with Crippen molar-refractivity contribution in [3.05, 3.63) is 18.1 Å². The third kappa shape index (κ3) is 2.04. The first kappa shape index (κ1) is 9.85. The van der Waals surface area contributed by atoms with Gasteiger partial charge in [0.2, 0.25) is 0 Å². The fraction of sp³-hybridized carbons (Fsp3) is 0.444. The molecule has 2 rings (SSSR count). The third-order valence-electron chi connectivity index (χ3n) is 2.39. The zero-order chi connectivity index (χ0) is 10.8. The molecule has 15 heavy (non-hydrogen) atoms. The van der Waals surface area contributed by atoms with Crippen LogP contribution in [0.25, 0.3) is 0 Å². The highest BCUT2D eigenvalue weighted by molar-refractivity contribution is 5.91. The van der Waals surface area contributed by atoms with E-state index in [9.17, 15) is 9.90 Å². The van der Waals surface area contributed by atoms with Crippen LogP contribution in [-0.4, -0.2) is 40.2 Å². The second kappa shape index (κ2) is 3.82. The number of carbonyl (C=O) groups is 1. The molecule has 0 radical (unpaired) electrons. The van der Waals surface area contributed by atoms with Gasteiger partial charge in [0.1, 0.15) is 17.8 Å². The second-order valence-corrected chi connectivity index (χ2v) is 3.51. The van der Waals surface area contributed by atoms with Crippen molar-refractivity contribution in [3.8, 4) is 0 Å². The van der Waals surface area contributed by atoms with Gasteiger partial charge in [0.15, 0.2) is 0 Å². The lowest BCUT2D eigenvalue weighted by Gasteiger charge is -2.16. The fourth-order valence-electron chi connectivity index (χ4n) is 1.60. The summed E-state index contributed by atoms with van der Waals surface area (Å²) in [5.41, 5.74) is 5.31. The molecule has 1 atom stereocenters. The van der Waals surface area contributed by atoms with Crippen LogP contribution in [0.5, 0.6) is 0 Å². The Bertz CT molecular complexity index is 382. The molecule has 0 aromatic carbocycles. The predicted octanol–water partition coefficient (Wildman–Crippen LogP) is -0.854. The maximum Gasteiger partial charge on any atom is 0.267 e. The van der Waals surface area contributed by atoms with Crippen molar-refractivity contribution in [1.82, 2.24) is 9.97 Å². The van der Waals surface area contributed by atoms with Gasteiger partial charge in [0.25, 0.3) is 5.91 Å². The monoisotopic (exact) mass is 208 g/mol. The van der Waals surface area contributed by atoms with E-state index in [2.05, 4.69) is 9.97 Å². The van der Waals surface area contributed by atoms with E-state index in [1.54, 1.807) is 6.07 Å². The molecule has 1 aliphatic rings. The van der Waals surface area contributed by atoms with E-state index in [-0.39, 0.29) is 11.8 Å². The van der Waals surface area contributed by atoms with E-state index in [1.807, 2.05) is 4.90 Å². The normalized spacial score (nSPS) is 20.6. The number of carbonyl (C=O) groups excluding carboxylic acids is 1. The van der Waals surface area contributed by atoms with Gasteiger partial charge in [-0.05, 0) is 6.42 Å². The van der Waals surface area contributed by atoms with Crippen molar-refractivity contribution in [1.29, 1.82) is 0 Å². The van der Waals surface area contributed by atoms with Gasteiger partial charge in [0, 0.05) is 19.2 Å². The Balaban J connectivity index is 2.21. The number of aliphatic hydroxyl groups excluding tert-OH is 1. The molecule has 80 valence electrons. The van der Waals surface area contributed by atoms with Gasteiger partial charge in [-0.1, -0.05) is 0 Å². The summed E-state index contributed by atoms with van der Waals surface area (Å²) < 4.78 is 0. The van der Waals surface area contributed by atoms with Crippen LogP contribution in [0.2, 0.25) is 0 Å². The minimum Gasteiger partial charge on any atom is -0.391 e. The molecule has 1 aliphatic heterocycles. The molecule has 0 saturated carbocycles. The number of β-amino-alcohol motifs (C(OH)–C–C–N with tert-alkyl or cyclic N) is 1. The number of primary amides is 1. The van der Waals surface area contributed by atoms with Crippen LogP contribution in [0.1, 0.15) is 16.9 Å². The van der Waals surface area contributed by atoms with Crippen molar-refractivity contribution in [2.45, 2.75) is 12.5 Å². The van der Waals surface area contributed by atoms with Crippen molar-refractivity contribution < 1.29 is 9.90 Å². The Hall–Kier alpha value is -1.69. The van der Waals surface area contributed by atoms with Gasteiger partial charge in [-0.3, -0.25) is 4.79 Å². The summed E-state index contributed by atoms with van der Waals surface area (Å²) in [4.78, 5) is 20.6. The van der Waals surface area contributed by atoms with E-state index in [1.165, 1.54) is 6.33 Å². The zero-order valence-corrected chi connectivity index (χ0v) is 8.13. The first-order valence-electron chi connectivity index (χ1n) is 4.71. The largest absolute Gasteiger partial charge is 0.391 e. The van der Waals surface area contributed by atoms with Gasteiger partial charge >= 0.3 is 0 Å². The number of hydrogen-bond donors (Lipinski definition) is 2. The summed E-state index contributed by atoms with van der Waals surface area (Å²) in [5.74, 6) is 0.0637. The number of amides is 1. The number of rotatable bonds is 2. The molecule has 6 nitrogen and oxygen atoms in total. The Morgan fingerprint density at radius 3 is 3.00 bits per heavy atom. The number of aromatic nitrogens is 2. The van der Waals surface area contributed by atoms with Crippen LogP contribution in [0, 0.1) is 0 Å². The topological polar surface area (TPSA) is 92.3 Å². The molecular weight excluding hydrogens is 196 g/mol. The Labute approximate surface area is 86.7 Å². The highest BCUT2D eigenvalue weighted by Crippen LogP contribution is 2.17. The predicted molar refractivity (Wildman–Crippen MR) is 53.4 cm³/mol. The van der Waals surface area contributed by atoms with E-state index < -0.39 is 5.91 Å². The van der Waals surface area contributed by atoms with Crippen molar-refractivity contribution in [3.63, 3.8) is 0 Å². The Morgan fingerprint density at radius 1 is 1.60 bits per heavy atom. The first-order valence-corrected chi connectivity index (χ1v) is 4.71. The quantitative estimate of drug-likeness (QED) is 0.660. The first-order chi connectivity index (χ1) is 7.16. The smallest absolute Gasteiger partial charge is 0.267 e. The van der Waals surface area contributed by atoms with Crippen LogP contribution in [-0.2, 0) is 0 Å². The molecule has 1 aromatic rings. The second-order valence-electron chi connectivity index (χ2n) is 3.51. The highest BCUT2D eigenvalue weighted by Gasteiger charge is 2.21. The van der Waals surface area contributed by atoms with Gasteiger partial charge in [-0.25, -0.2) is 9.97 Å². The molecule has 0 unspecified atom stereocenters. The lowest BCUT2D eigenvalue weighted by molar-refractivity contribution is 0.0995. The molecule has 1 amide bonds. The van der Waals surface area contributed by atoms with E-state index >= 15 is 0 Å². The Kier molecular flexibility index (Phi) is 2.51. The van der Waals surface area contributed by atoms with Gasteiger partial charge < -0.3 is 15.7 Å². The Morgan fingerprint density at radius 2 is 2.40 bits per heavy atom. The van der Waals surface area contributed by atoms with Crippen LogP contribution in [0.3, 0.4) is 0 Å². The number of nitrogens with zero attached hydrogens (tertiary/aromatic N) is 3. The lowest BCUT2D eigenvalue weighted by atomic mass is 10.3. The van der Waals surface area contributed by atoms with Crippen LogP contribution in [0.4, 0.5) is 5.82 Å². The molecule has 3 N–H and O–H groups in total. The summed E-state index contributed by atoms with van der Waals surface area (Å²) >= 11 is 0. The maximum atomic E-state index is 10.9. The maximum absolute atomic E-state index is 10.9.